The maximum atomic E-state index is 11.7. The summed E-state index contributed by atoms with van der Waals surface area (Å²) in [6.45, 7) is 0. The first-order valence-electron chi connectivity index (χ1n) is 6.68. The van der Waals surface area contributed by atoms with E-state index in [9.17, 15) is 8.42 Å². The van der Waals surface area contributed by atoms with E-state index in [0.29, 0.717) is 11.4 Å². The van der Waals surface area contributed by atoms with Crippen molar-refractivity contribution in [3.8, 4) is 0 Å². The fraction of sp³-hybridized carbons (Fsp3) is 0.571. The normalized spacial score (nSPS) is 25.4. The molecule has 0 amide bonds. The van der Waals surface area contributed by atoms with Crippen LogP contribution >= 0.6 is 27.5 Å². The summed E-state index contributed by atoms with van der Waals surface area (Å²) in [7, 11) is -2.99. The van der Waals surface area contributed by atoms with Crippen LogP contribution in [0.25, 0.3) is 0 Å². The lowest BCUT2D eigenvalue weighted by molar-refractivity contribution is 0.308. The molecule has 3 unspecified atom stereocenters. The molecule has 1 aliphatic carbocycles. The van der Waals surface area contributed by atoms with Crippen molar-refractivity contribution in [1.29, 1.82) is 0 Å². The van der Waals surface area contributed by atoms with Crippen LogP contribution in [0.5, 0.6) is 0 Å². The van der Waals surface area contributed by atoms with Crippen molar-refractivity contribution < 1.29 is 8.42 Å². The van der Waals surface area contributed by atoms with E-state index in [-0.39, 0.29) is 17.2 Å². The molecule has 0 heterocycles. The van der Waals surface area contributed by atoms with Crippen LogP contribution in [0.4, 0.5) is 0 Å². The highest BCUT2D eigenvalue weighted by Crippen LogP contribution is 2.38. The largest absolute Gasteiger partial charge is 0.324 e. The number of sulfone groups is 1. The topological polar surface area (TPSA) is 60.2 Å². The van der Waals surface area contributed by atoms with Gasteiger partial charge in [-0.2, -0.15) is 0 Å². The molecule has 2 rings (SSSR count). The van der Waals surface area contributed by atoms with E-state index < -0.39 is 9.84 Å². The molecule has 1 fully saturated rings. The van der Waals surface area contributed by atoms with Crippen LogP contribution < -0.4 is 5.73 Å². The summed E-state index contributed by atoms with van der Waals surface area (Å²) >= 11 is 9.52. The van der Waals surface area contributed by atoms with Crippen molar-refractivity contribution in [2.24, 2.45) is 11.7 Å². The Hall–Kier alpha value is -0.100. The molecule has 1 aromatic rings. The van der Waals surface area contributed by atoms with Crippen LogP contribution in [0.3, 0.4) is 0 Å². The van der Waals surface area contributed by atoms with Crippen molar-refractivity contribution in [2.75, 3.05) is 6.26 Å². The molecule has 0 bridgehead atoms. The van der Waals surface area contributed by atoms with Crippen molar-refractivity contribution in [3.05, 3.63) is 33.3 Å². The Morgan fingerprint density at radius 3 is 2.75 bits per heavy atom. The first-order chi connectivity index (χ1) is 9.29. The van der Waals surface area contributed by atoms with Gasteiger partial charge in [-0.1, -0.05) is 34.0 Å². The van der Waals surface area contributed by atoms with Crippen LogP contribution in [0.1, 0.15) is 37.3 Å². The predicted octanol–water partition coefficient (Wildman–Crippen LogP) is 3.71. The third-order valence-corrected chi connectivity index (χ3v) is 6.69. The van der Waals surface area contributed by atoms with Crippen molar-refractivity contribution >= 4 is 37.4 Å². The van der Waals surface area contributed by atoms with Gasteiger partial charge in [0.15, 0.2) is 0 Å². The van der Waals surface area contributed by atoms with Crippen molar-refractivity contribution in [2.45, 2.75) is 37.0 Å². The Labute approximate surface area is 133 Å². The van der Waals surface area contributed by atoms with Gasteiger partial charge in [0.1, 0.15) is 9.84 Å². The molecule has 112 valence electrons. The van der Waals surface area contributed by atoms with Crippen LogP contribution in [-0.4, -0.2) is 19.9 Å². The number of rotatable bonds is 3. The Bertz CT molecular complexity index is 591. The van der Waals surface area contributed by atoms with Crippen molar-refractivity contribution in [1.82, 2.24) is 0 Å². The van der Waals surface area contributed by atoms with Gasteiger partial charge in [0.25, 0.3) is 0 Å². The van der Waals surface area contributed by atoms with Gasteiger partial charge in [-0.25, -0.2) is 8.42 Å². The van der Waals surface area contributed by atoms with E-state index in [0.717, 1.165) is 29.3 Å². The Morgan fingerprint density at radius 2 is 2.10 bits per heavy atom. The molecule has 0 radical (unpaired) electrons. The zero-order valence-corrected chi connectivity index (χ0v) is 14.5. The average molecular weight is 381 g/mol. The van der Waals surface area contributed by atoms with Crippen LogP contribution in [0.2, 0.25) is 5.02 Å². The molecule has 0 aliphatic heterocycles. The van der Waals surface area contributed by atoms with E-state index in [1.807, 2.05) is 18.2 Å². The third kappa shape index (κ3) is 3.75. The van der Waals surface area contributed by atoms with Gasteiger partial charge in [0.05, 0.1) is 5.25 Å². The summed E-state index contributed by atoms with van der Waals surface area (Å²) in [5.74, 6) is 0.179. The lowest BCUT2D eigenvalue weighted by Crippen LogP contribution is -2.33. The first kappa shape index (κ1) is 16.3. The highest BCUT2D eigenvalue weighted by Gasteiger charge is 2.32. The van der Waals surface area contributed by atoms with E-state index in [4.69, 9.17) is 17.3 Å². The summed E-state index contributed by atoms with van der Waals surface area (Å²) in [5, 5.41) is 0.388. The van der Waals surface area contributed by atoms with Gasteiger partial charge >= 0.3 is 0 Å². The molecule has 0 saturated heterocycles. The lowest BCUT2D eigenvalue weighted by atomic mass is 9.81. The minimum absolute atomic E-state index is 0.179. The molecule has 2 N–H and O–H groups in total. The van der Waals surface area contributed by atoms with E-state index in [1.165, 1.54) is 6.26 Å². The van der Waals surface area contributed by atoms with Crippen LogP contribution in [0, 0.1) is 5.92 Å². The molecule has 1 saturated carbocycles. The lowest BCUT2D eigenvalue weighted by Gasteiger charge is -2.32. The summed E-state index contributed by atoms with van der Waals surface area (Å²) in [5.41, 5.74) is 7.32. The maximum Gasteiger partial charge on any atom is 0.150 e. The predicted molar refractivity (Wildman–Crippen MR) is 86.7 cm³/mol. The maximum absolute atomic E-state index is 11.7. The van der Waals surface area contributed by atoms with E-state index in [2.05, 4.69) is 15.9 Å². The Balaban J connectivity index is 2.20. The molecule has 1 aromatic carbocycles. The minimum Gasteiger partial charge on any atom is -0.324 e. The standard InChI is InChI=1S/C14H19BrClNO2S/c1-20(18,19)11-4-2-3-9(7-11)14(17)12-8-10(16)5-6-13(12)15/h5-6,8-9,11,14H,2-4,7,17H2,1H3. The molecule has 0 aromatic heterocycles. The van der Waals surface area contributed by atoms with Gasteiger partial charge < -0.3 is 5.73 Å². The minimum atomic E-state index is -2.99. The monoisotopic (exact) mass is 379 g/mol. The second kappa shape index (κ2) is 6.34. The number of benzene rings is 1. The van der Waals surface area contributed by atoms with E-state index in [1.54, 1.807) is 0 Å². The Kier molecular flexibility index (Phi) is 5.16. The molecule has 3 nitrogen and oxygen atoms in total. The zero-order chi connectivity index (χ0) is 14.9. The van der Waals surface area contributed by atoms with Gasteiger partial charge in [0, 0.05) is 21.8 Å². The quantitative estimate of drug-likeness (QED) is 0.869. The molecule has 20 heavy (non-hydrogen) atoms. The highest BCUT2D eigenvalue weighted by atomic mass is 79.9. The summed E-state index contributed by atoms with van der Waals surface area (Å²) in [6.07, 6.45) is 4.58. The van der Waals surface area contributed by atoms with Gasteiger partial charge in [-0.15, -0.1) is 0 Å². The summed E-state index contributed by atoms with van der Waals surface area (Å²) < 4.78 is 24.4. The molecular weight excluding hydrogens is 362 g/mol. The van der Waals surface area contributed by atoms with Crippen LogP contribution in [0.15, 0.2) is 22.7 Å². The summed E-state index contributed by atoms with van der Waals surface area (Å²) in [6, 6.07) is 5.36. The van der Waals surface area contributed by atoms with Gasteiger partial charge in [0.2, 0.25) is 0 Å². The first-order valence-corrected chi connectivity index (χ1v) is 9.81. The van der Waals surface area contributed by atoms with Gasteiger partial charge in [-0.05, 0) is 48.9 Å². The van der Waals surface area contributed by atoms with Gasteiger partial charge in [-0.3, -0.25) is 0 Å². The number of nitrogens with two attached hydrogens (primary N) is 1. The molecule has 1 aliphatic rings. The van der Waals surface area contributed by atoms with E-state index >= 15 is 0 Å². The Morgan fingerprint density at radius 1 is 1.40 bits per heavy atom. The van der Waals surface area contributed by atoms with Crippen molar-refractivity contribution in [3.63, 3.8) is 0 Å². The molecule has 0 spiro atoms. The fourth-order valence-corrected chi connectivity index (χ4v) is 4.80. The smallest absolute Gasteiger partial charge is 0.150 e. The second-order valence-electron chi connectivity index (χ2n) is 5.57. The second-order valence-corrected chi connectivity index (χ2v) is 9.19. The molecular formula is C14H19BrClNO2S. The molecule has 3 atom stereocenters. The average Bonchev–Trinajstić information content (AvgIpc) is 2.40. The number of hydrogen-bond acceptors (Lipinski definition) is 3. The van der Waals surface area contributed by atoms with Crippen LogP contribution in [-0.2, 0) is 9.84 Å². The molecule has 6 heteroatoms. The number of halogens is 2. The number of hydrogen-bond donors (Lipinski definition) is 1. The highest BCUT2D eigenvalue weighted by molar-refractivity contribution is 9.10. The fourth-order valence-electron chi connectivity index (χ4n) is 2.92. The zero-order valence-electron chi connectivity index (χ0n) is 11.4. The summed E-state index contributed by atoms with van der Waals surface area (Å²) in [4.78, 5) is 0. The third-order valence-electron chi connectivity index (χ3n) is 4.10. The SMILES string of the molecule is CS(=O)(=O)C1CCCC(C(N)c2cc(Cl)ccc2Br)C1.